The Bertz CT molecular complexity index is 702. The standard InChI is InChI=1S/C11H6ClF3IN3O/c12-6-3-5(11(13,14)15)1-2-7(6)19-9-8(16)10(20)18-4-17-9/h1-4H,(H2,17,18,19,20). The molecule has 0 unspecified atom stereocenters. The van der Waals surface area contributed by atoms with E-state index in [0.717, 1.165) is 12.1 Å². The van der Waals surface area contributed by atoms with Gasteiger partial charge in [-0.15, -0.1) is 0 Å². The van der Waals surface area contributed by atoms with Gasteiger partial charge in [0.15, 0.2) is 5.82 Å². The molecule has 1 aromatic heterocycles. The molecule has 0 fully saturated rings. The van der Waals surface area contributed by atoms with Crippen molar-refractivity contribution in [2.45, 2.75) is 6.18 Å². The number of hydrogen-bond donors (Lipinski definition) is 2. The highest BCUT2D eigenvalue weighted by atomic mass is 127. The molecule has 4 nitrogen and oxygen atoms in total. The molecule has 106 valence electrons. The molecule has 0 bridgehead atoms. The molecule has 0 amide bonds. The van der Waals surface area contributed by atoms with E-state index in [9.17, 15) is 18.0 Å². The summed E-state index contributed by atoms with van der Waals surface area (Å²) in [6.07, 6.45) is -3.27. The Balaban J connectivity index is 2.36. The summed E-state index contributed by atoms with van der Waals surface area (Å²) in [7, 11) is 0. The molecule has 0 atom stereocenters. The van der Waals surface area contributed by atoms with Gasteiger partial charge in [0, 0.05) is 0 Å². The third kappa shape index (κ3) is 3.23. The smallest absolute Gasteiger partial charge is 0.338 e. The normalized spacial score (nSPS) is 11.4. The van der Waals surface area contributed by atoms with Crippen LogP contribution >= 0.6 is 34.2 Å². The van der Waals surface area contributed by atoms with E-state index in [1.165, 1.54) is 12.4 Å². The van der Waals surface area contributed by atoms with Crippen LogP contribution in [0.3, 0.4) is 0 Å². The summed E-state index contributed by atoms with van der Waals surface area (Å²) < 4.78 is 37.8. The number of halogens is 5. The van der Waals surface area contributed by atoms with Crippen molar-refractivity contribution < 1.29 is 13.2 Å². The van der Waals surface area contributed by atoms with Gasteiger partial charge in [-0.05, 0) is 40.8 Å². The van der Waals surface area contributed by atoms with Crippen molar-refractivity contribution in [2.24, 2.45) is 0 Å². The number of H-pyrrole nitrogens is 1. The van der Waals surface area contributed by atoms with Crippen LogP contribution in [0.15, 0.2) is 29.3 Å². The van der Waals surface area contributed by atoms with Crippen molar-refractivity contribution in [3.05, 3.63) is 49.0 Å². The van der Waals surface area contributed by atoms with Gasteiger partial charge in [-0.3, -0.25) is 4.79 Å². The Morgan fingerprint density at radius 3 is 2.65 bits per heavy atom. The number of hydrogen-bond acceptors (Lipinski definition) is 3. The van der Waals surface area contributed by atoms with E-state index in [0.29, 0.717) is 0 Å². The maximum atomic E-state index is 12.5. The lowest BCUT2D eigenvalue weighted by molar-refractivity contribution is -0.137. The van der Waals surface area contributed by atoms with Crippen molar-refractivity contribution in [3.63, 3.8) is 0 Å². The fourth-order valence-electron chi connectivity index (χ4n) is 1.39. The minimum absolute atomic E-state index is 0.113. The predicted octanol–water partition coefficient (Wildman–Crippen LogP) is 3.79. The van der Waals surface area contributed by atoms with Crippen LogP contribution in [-0.2, 0) is 6.18 Å². The molecule has 1 aromatic carbocycles. The van der Waals surface area contributed by atoms with E-state index >= 15 is 0 Å². The van der Waals surface area contributed by atoms with Crippen LogP contribution in [0.4, 0.5) is 24.7 Å². The third-order valence-corrected chi connectivity index (χ3v) is 3.66. The molecule has 2 aromatic rings. The van der Waals surface area contributed by atoms with Gasteiger partial charge < -0.3 is 10.3 Å². The fraction of sp³-hybridized carbons (Fsp3) is 0.0909. The number of rotatable bonds is 2. The quantitative estimate of drug-likeness (QED) is 0.734. The largest absolute Gasteiger partial charge is 0.416 e. The van der Waals surface area contributed by atoms with E-state index < -0.39 is 11.7 Å². The first kappa shape index (κ1) is 15.1. The Kier molecular flexibility index (Phi) is 4.23. The second kappa shape index (κ2) is 5.60. The van der Waals surface area contributed by atoms with Gasteiger partial charge in [0.1, 0.15) is 3.57 Å². The lowest BCUT2D eigenvalue weighted by Gasteiger charge is -2.11. The molecule has 20 heavy (non-hydrogen) atoms. The third-order valence-electron chi connectivity index (χ3n) is 2.35. The molecule has 0 radical (unpaired) electrons. The summed E-state index contributed by atoms with van der Waals surface area (Å²) in [6.45, 7) is 0. The average Bonchev–Trinajstić information content (AvgIpc) is 2.36. The Labute approximate surface area is 129 Å². The molecule has 1 heterocycles. The molecule has 0 aliphatic carbocycles. The van der Waals surface area contributed by atoms with Gasteiger partial charge in [-0.1, -0.05) is 11.6 Å². The first-order chi connectivity index (χ1) is 9.29. The van der Waals surface area contributed by atoms with E-state index in [-0.39, 0.29) is 25.7 Å². The first-order valence-electron chi connectivity index (χ1n) is 5.16. The van der Waals surface area contributed by atoms with Crippen LogP contribution in [-0.4, -0.2) is 9.97 Å². The predicted molar refractivity (Wildman–Crippen MR) is 77.3 cm³/mol. The number of benzene rings is 1. The minimum atomic E-state index is -4.46. The molecular weight excluding hydrogens is 409 g/mol. The van der Waals surface area contributed by atoms with Crippen LogP contribution < -0.4 is 10.9 Å². The Morgan fingerprint density at radius 1 is 1.35 bits per heavy atom. The molecule has 2 rings (SSSR count). The van der Waals surface area contributed by atoms with Crippen LogP contribution in [0, 0.1) is 3.57 Å². The summed E-state index contributed by atoms with van der Waals surface area (Å²) in [6, 6.07) is 2.89. The zero-order chi connectivity index (χ0) is 14.9. The van der Waals surface area contributed by atoms with Crippen molar-refractivity contribution in [2.75, 3.05) is 5.32 Å². The van der Waals surface area contributed by atoms with E-state index in [2.05, 4.69) is 15.3 Å². The zero-order valence-electron chi connectivity index (χ0n) is 9.55. The number of nitrogens with one attached hydrogen (secondary N) is 2. The van der Waals surface area contributed by atoms with E-state index in [1.807, 2.05) is 0 Å². The SMILES string of the molecule is O=c1[nH]cnc(Nc2ccc(C(F)(F)F)cc2Cl)c1I. The van der Waals surface area contributed by atoms with Crippen molar-refractivity contribution in [1.29, 1.82) is 0 Å². The molecular formula is C11H6ClF3IN3O. The number of nitrogens with zero attached hydrogens (tertiary/aromatic N) is 1. The summed E-state index contributed by atoms with van der Waals surface area (Å²) >= 11 is 7.57. The average molecular weight is 416 g/mol. The van der Waals surface area contributed by atoms with E-state index in [1.54, 1.807) is 22.6 Å². The first-order valence-corrected chi connectivity index (χ1v) is 6.61. The summed E-state index contributed by atoms with van der Waals surface area (Å²) in [5.41, 5.74) is -0.969. The van der Waals surface area contributed by atoms with Gasteiger partial charge in [-0.25, -0.2) is 4.98 Å². The zero-order valence-corrected chi connectivity index (χ0v) is 12.5. The maximum Gasteiger partial charge on any atom is 0.416 e. The van der Waals surface area contributed by atoms with Crippen LogP contribution in [0.2, 0.25) is 5.02 Å². The molecule has 0 saturated carbocycles. The molecule has 0 aliphatic heterocycles. The minimum Gasteiger partial charge on any atom is -0.338 e. The number of aromatic nitrogens is 2. The van der Waals surface area contributed by atoms with Crippen molar-refractivity contribution in [3.8, 4) is 0 Å². The molecule has 0 spiro atoms. The highest BCUT2D eigenvalue weighted by Crippen LogP contribution is 2.34. The van der Waals surface area contributed by atoms with Gasteiger partial charge in [-0.2, -0.15) is 13.2 Å². The second-order valence-corrected chi connectivity index (χ2v) is 5.20. The van der Waals surface area contributed by atoms with Crippen molar-refractivity contribution in [1.82, 2.24) is 9.97 Å². The molecule has 0 aliphatic rings. The second-order valence-electron chi connectivity index (χ2n) is 3.71. The number of aromatic amines is 1. The topological polar surface area (TPSA) is 57.8 Å². The Morgan fingerprint density at radius 2 is 2.05 bits per heavy atom. The maximum absolute atomic E-state index is 12.5. The van der Waals surface area contributed by atoms with Gasteiger partial charge >= 0.3 is 6.18 Å². The molecule has 0 saturated heterocycles. The molecule has 2 N–H and O–H groups in total. The lowest BCUT2D eigenvalue weighted by atomic mass is 10.2. The van der Waals surface area contributed by atoms with Gasteiger partial charge in [0.25, 0.3) is 5.56 Å². The summed E-state index contributed by atoms with van der Waals surface area (Å²) in [5, 5.41) is 2.61. The summed E-state index contributed by atoms with van der Waals surface area (Å²) in [5.74, 6) is 0.219. The fourth-order valence-corrected chi connectivity index (χ4v) is 2.05. The van der Waals surface area contributed by atoms with Crippen LogP contribution in [0.5, 0.6) is 0 Å². The lowest BCUT2D eigenvalue weighted by Crippen LogP contribution is -2.13. The Hall–Kier alpha value is -1.29. The van der Waals surface area contributed by atoms with E-state index in [4.69, 9.17) is 11.6 Å². The number of anilines is 2. The van der Waals surface area contributed by atoms with Crippen LogP contribution in [0.25, 0.3) is 0 Å². The van der Waals surface area contributed by atoms with Crippen LogP contribution in [0.1, 0.15) is 5.56 Å². The van der Waals surface area contributed by atoms with Gasteiger partial charge in [0.2, 0.25) is 0 Å². The molecule has 9 heteroatoms. The van der Waals surface area contributed by atoms with Crippen molar-refractivity contribution >= 4 is 45.7 Å². The highest BCUT2D eigenvalue weighted by Gasteiger charge is 2.30. The summed E-state index contributed by atoms with van der Waals surface area (Å²) in [4.78, 5) is 17.6. The number of alkyl halides is 3. The monoisotopic (exact) mass is 415 g/mol. The highest BCUT2D eigenvalue weighted by molar-refractivity contribution is 14.1. The van der Waals surface area contributed by atoms with Gasteiger partial charge in [0.05, 0.1) is 22.6 Å².